The Bertz CT molecular complexity index is 692. The highest BCUT2D eigenvalue weighted by Gasteiger charge is 2.32. The molecule has 0 aliphatic carbocycles. The van der Waals surface area contributed by atoms with Gasteiger partial charge in [0.2, 0.25) is 5.91 Å². The molecule has 7 nitrogen and oxygen atoms in total. The van der Waals surface area contributed by atoms with Crippen LogP contribution in [-0.4, -0.2) is 54.0 Å². The summed E-state index contributed by atoms with van der Waals surface area (Å²) in [6.07, 6.45) is 6.84. The normalized spacial score (nSPS) is 22.0. The zero-order valence-corrected chi connectivity index (χ0v) is 16.6. The molecule has 2 N–H and O–H groups in total. The summed E-state index contributed by atoms with van der Waals surface area (Å²) in [5.41, 5.74) is 0.769. The van der Waals surface area contributed by atoms with E-state index in [1.807, 2.05) is 12.1 Å². The van der Waals surface area contributed by atoms with Gasteiger partial charge in [0.15, 0.2) is 5.97 Å². The minimum atomic E-state index is -2.07. The fourth-order valence-corrected chi connectivity index (χ4v) is 3.98. The van der Waals surface area contributed by atoms with Gasteiger partial charge in [0.25, 0.3) is 0 Å². The van der Waals surface area contributed by atoms with Crippen LogP contribution in [0.25, 0.3) is 0 Å². The number of rotatable bonds is 3. The molecule has 0 spiro atoms. The number of nitrogens with zero attached hydrogens (tertiary/aromatic N) is 1. The molecule has 0 aromatic heterocycles. The summed E-state index contributed by atoms with van der Waals surface area (Å²) in [7, 11) is 0. The number of hydrogen-bond acceptors (Lipinski definition) is 4. The first-order valence-electron chi connectivity index (χ1n) is 10.2. The second-order valence-electron chi connectivity index (χ2n) is 7.64. The maximum absolute atomic E-state index is 13.8. The van der Waals surface area contributed by atoms with Gasteiger partial charge >= 0.3 is 5.97 Å². The van der Waals surface area contributed by atoms with Gasteiger partial charge in [-0.2, -0.15) is 0 Å². The van der Waals surface area contributed by atoms with Crippen LogP contribution in [0.5, 0.6) is 0 Å². The first kappa shape index (κ1) is 22.8. The summed E-state index contributed by atoms with van der Waals surface area (Å²) in [4.78, 5) is 34.3. The maximum atomic E-state index is 13.8. The molecule has 0 radical (unpaired) electrons. The van der Waals surface area contributed by atoms with Crippen molar-refractivity contribution in [3.63, 3.8) is 0 Å². The zero-order valence-electron chi connectivity index (χ0n) is 16.6. The van der Waals surface area contributed by atoms with Crippen LogP contribution in [0.1, 0.15) is 44.1 Å². The van der Waals surface area contributed by atoms with Crippen molar-refractivity contribution in [2.45, 2.75) is 45.1 Å². The smallest absolute Gasteiger partial charge is 0.351 e. The van der Waals surface area contributed by atoms with Gasteiger partial charge in [0.1, 0.15) is 12.4 Å². The van der Waals surface area contributed by atoms with E-state index >= 15 is 0 Å². The van der Waals surface area contributed by atoms with Crippen molar-refractivity contribution in [3.05, 3.63) is 35.6 Å². The number of benzene rings is 1. The number of aliphatic carboxylic acids is 2. The zero-order chi connectivity index (χ0) is 21.2. The van der Waals surface area contributed by atoms with Crippen molar-refractivity contribution in [2.75, 3.05) is 26.2 Å². The second-order valence-corrected chi connectivity index (χ2v) is 7.64. The number of piperidine rings is 1. The number of carbonyl (C=O) groups is 3. The number of carbonyl (C=O) groups excluding carboxylic acids is 2. The third-order valence-corrected chi connectivity index (χ3v) is 5.46. The Morgan fingerprint density at radius 2 is 1.72 bits per heavy atom. The molecule has 3 rings (SSSR count). The summed E-state index contributed by atoms with van der Waals surface area (Å²) in [5, 5.41) is 16.3. The third-order valence-electron chi connectivity index (χ3n) is 5.46. The van der Waals surface area contributed by atoms with Crippen molar-refractivity contribution in [3.8, 4) is 0 Å². The fraction of sp³-hybridized carbons (Fsp3) is 0.571. The summed E-state index contributed by atoms with van der Waals surface area (Å²) < 4.78 is 13.8. The molecule has 1 aromatic carbocycles. The van der Waals surface area contributed by atoms with E-state index in [0.717, 1.165) is 57.4 Å². The van der Waals surface area contributed by atoms with Gasteiger partial charge in [0, 0.05) is 18.7 Å². The minimum absolute atomic E-state index is 0.124. The molecule has 2 fully saturated rings. The van der Waals surface area contributed by atoms with Crippen LogP contribution in [0.15, 0.2) is 24.3 Å². The largest absolute Gasteiger partial charge is 0.539 e. The van der Waals surface area contributed by atoms with Gasteiger partial charge in [0.05, 0.1) is 19.0 Å². The van der Waals surface area contributed by atoms with Crippen LogP contribution in [-0.2, 0) is 20.9 Å². The lowest BCUT2D eigenvalue weighted by molar-refractivity contribution is -0.921. The number of hydrogen-bond donors (Lipinski definition) is 2. The van der Waals surface area contributed by atoms with Crippen molar-refractivity contribution >= 4 is 17.8 Å². The number of carboxylic acids is 2. The number of nitrogens with one attached hydrogen (secondary N) is 1. The summed E-state index contributed by atoms with van der Waals surface area (Å²) in [6.45, 7) is 4.44. The van der Waals surface area contributed by atoms with Crippen molar-refractivity contribution in [1.29, 1.82) is 0 Å². The van der Waals surface area contributed by atoms with Gasteiger partial charge in [-0.15, -0.1) is 0 Å². The third kappa shape index (κ3) is 7.45. The van der Waals surface area contributed by atoms with Crippen molar-refractivity contribution < 1.29 is 33.9 Å². The topological polar surface area (TPSA) is 102 Å². The molecule has 2 aliphatic heterocycles. The number of likely N-dealkylation sites (tertiary alicyclic amines) is 2. The lowest BCUT2D eigenvalue weighted by Crippen LogP contribution is -3.12. The molecular formula is C21H29FN2O5. The Kier molecular flexibility index (Phi) is 9.05. The van der Waals surface area contributed by atoms with E-state index in [9.17, 15) is 9.18 Å². The van der Waals surface area contributed by atoms with Gasteiger partial charge in [-0.25, -0.2) is 9.18 Å². The van der Waals surface area contributed by atoms with Gasteiger partial charge in [-0.1, -0.05) is 31.0 Å². The van der Waals surface area contributed by atoms with E-state index in [-0.39, 0.29) is 11.7 Å². The second kappa shape index (κ2) is 11.5. The quantitative estimate of drug-likeness (QED) is 0.677. The van der Waals surface area contributed by atoms with Crippen LogP contribution in [0.2, 0.25) is 0 Å². The van der Waals surface area contributed by atoms with E-state index in [1.165, 1.54) is 23.8 Å². The highest BCUT2D eigenvalue weighted by molar-refractivity contribution is 6.26. The molecule has 8 heteroatoms. The molecule has 29 heavy (non-hydrogen) atoms. The predicted molar refractivity (Wildman–Crippen MR) is 101 cm³/mol. The summed E-state index contributed by atoms with van der Waals surface area (Å²) in [6, 6.07) is 7.01. The number of quaternary nitrogens is 1. The lowest BCUT2D eigenvalue weighted by Gasteiger charge is -2.32. The average molecular weight is 408 g/mol. The first-order valence-corrected chi connectivity index (χ1v) is 10.2. The van der Waals surface area contributed by atoms with Crippen molar-refractivity contribution in [2.24, 2.45) is 5.92 Å². The van der Waals surface area contributed by atoms with Gasteiger partial charge in [-0.3, -0.25) is 4.79 Å². The van der Waals surface area contributed by atoms with E-state index in [4.69, 9.17) is 19.8 Å². The Balaban J connectivity index is 0.000000438. The highest BCUT2D eigenvalue weighted by Crippen LogP contribution is 2.16. The van der Waals surface area contributed by atoms with E-state index in [0.29, 0.717) is 12.5 Å². The van der Waals surface area contributed by atoms with E-state index in [1.54, 1.807) is 6.07 Å². The molecule has 160 valence electrons. The fourth-order valence-electron chi connectivity index (χ4n) is 3.98. The molecule has 1 amide bonds. The molecule has 0 saturated carbocycles. The standard InChI is InChI=1S/C19H27FN2O.C2H2O4/c20-18-10-4-3-8-16(18)14-21-11-7-9-17(15-21)19(23)22-12-5-1-2-6-13-22;3-1(4)2(5)6/h3-4,8,10,17H,1-2,5-7,9,11-15H2;(H,3,4)(H,5,6). The number of amides is 1. The lowest BCUT2D eigenvalue weighted by atomic mass is 9.96. The van der Waals surface area contributed by atoms with Gasteiger partial charge in [-0.05, 0) is 31.7 Å². The molecule has 2 saturated heterocycles. The van der Waals surface area contributed by atoms with Crippen LogP contribution >= 0.6 is 0 Å². The summed E-state index contributed by atoms with van der Waals surface area (Å²) in [5.74, 6) is -3.66. The molecule has 2 unspecified atom stereocenters. The Labute approximate surface area is 170 Å². The maximum Gasteiger partial charge on any atom is 0.351 e. The van der Waals surface area contributed by atoms with Crippen LogP contribution in [0.3, 0.4) is 0 Å². The summed E-state index contributed by atoms with van der Waals surface area (Å²) >= 11 is 0. The van der Waals surface area contributed by atoms with Crippen LogP contribution < -0.4 is 10.0 Å². The van der Waals surface area contributed by atoms with Crippen LogP contribution in [0, 0.1) is 11.7 Å². The Morgan fingerprint density at radius 3 is 2.31 bits per heavy atom. The minimum Gasteiger partial charge on any atom is -0.539 e. The SMILES string of the molecule is O=C(C1CCC[NH+](Cc2ccccc2F)C1)N1CCCCCC1.O=C([O-])C(=O)O. The van der Waals surface area contributed by atoms with Crippen LogP contribution in [0.4, 0.5) is 4.39 Å². The van der Waals surface area contributed by atoms with Crippen molar-refractivity contribution in [1.82, 2.24) is 4.90 Å². The Morgan fingerprint density at radius 1 is 1.10 bits per heavy atom. The average Bonchev–Trinajstić information content (AvgIpc) is 2.99. The molecule has 1 aromatic rings. The molecular weight excluding hydrogens is 379 g/mol. The first-order chi connectivity index (χ1) is 13.9. The molecule has 2 heterocycles. The van der Waals surface area contributed by atoms with E-state index in [2.05, 4.69) is 4.90 Å². The highest BCUT2D eigenvalue weighted by atomic mass is 19.1. The number of carboxylic acid groups (broad SMARTS) is 2. The number of halogens is 1. The van der Waals surface area contributed by atoms with E-state index < -0.39 is 11.9 Å². The predicted octanol–water partition coefficient (Wildman–Crippen LogP) is -0.156. The Hall–Kier alpha value is -2.48. The monoisotopic (exact) mass is 408 g/mol. The molecule has 2 aliphatic rings. The van der Waals surface area contributed by atoms with Gasteiger partial charge < -0.3 is 24.8 Å². The molecule has 2 atom stereocenters. The molecule has 0 bridgehead atoms.